The standard InChI is InChI=1S/C22H18N6O6S/c1-12-19-21(14-5-7-15(8-6-14)28(31)32)26(13(2)29)25-22(19)27(24-12)35(33,34)18-10-9-17(30)20-16(18)4-3-11-23-20/h3-11,19,21,30H,1-2H3. The number of amides is 1. The molecule has 0 saturated heterocycles. The van der Waals surface area contributed by atoms with E-state index in [1.165, 1.54) is 60.6 Å². The number of nitro groups is 1. The lowest BCUT2D eigenvalue weighted by Gasteiger charge is -2.24. The molecule has 2 unspecified atom stereocenters. The Bertz CT molecular complexity index is 1570. The second-order valence-electron chi connectivity index (χ2n) is 8.06. The van der Waals surface area contributed by atoms with Crippen molar-refractivity contribution in [3.05, 3.63) is 70.4 Å². The van der Waals surface area contributed by atoms with Gasteiger partial charge < -0.3 is 5.11 Å². The van der Waals surface area contributed by atoms with Crippen LogP contribution in [-0.2, 0) is 14.8 Å². The van der Waals surface area contributed by atoms with Crippen molar-refractivity contribution in [3.63, 3.8) is 0 Å². The molecule has 3 aromatic rings. The molecular weight excluding hydrogens is 476 g/mol. The maximum absolute atomic E-state index is 13.7. The molecule has 13 heteroatoms. The molecule has 1 N–H and O–H groups in total. The first-order valence-electron chi connectivity index (χ1n) is 10.4. The third-order valence-corrected chi connectivity index (χ3v) is 7.58. The maximum atomic E-state index is 13.7. The minimum absolute atomic E-state index is 0.0335. The largest absolute Gasteiger partial charge is 0.506 e. The van der Waals surface area contributed by atoms with Crippen LogP contribution in [0.25, 0.3) is 10.9 Å². The van der Waals surface area contributed by atoms with E-state index in [9.17, 15) is 28.4 Å². The van der Waals surface area contributed by atoms with E-state index >= 15 is 0 Å². The highest BCUT2D eigenvalue weighted by Gasteiger charge is 2.51. The second kappa shape index (κ2) is 7.84. The van der Waals surface area contributed by atoms with E-state index in [4.69, 9.17) is 0 Å². The van der Waals surface area contributed by atoms with Crippen LogP contribution in [0.15, 0.2) is 69.8 Å². The Morgan fingerprint density at radius 1 is 1.11 bits per heavy atom. The highest BCUT2D eigenvalue weighted by atomic mass is 32.2. The lowest BCUT2D eigenvalue weighted by molar-refractivity contribution is -0.384. The van der Waals surface area contributed by atoms with Gasteiger partial charge in [0.25, 0.3) is 15.7 Å². The van der Waals surface area contributed by atoms with Crippen molar-refractivity contribution in [1.82, 2.24) is 14.4 Å². The molecule has 0 radical (unpaired) electrons. The van der Waals surface area contributed by atoms with Crippen molar-refractivity contribution in [1.29, 1.82) is 0 Å². The summed E-state index contributed by atoms with van der Waals surface area (Å²) in [4.78, 5) is 26.9. The summed E-state index contributed by atoms with van der Waals surface area (Å²) in [6.45, 7) is 2.93. The van der Waals surface area contributed by atoms with Crippen LogP contribution in [0.3, 0.4) is 0 Å². The number of rotatable bonds is 4. The Kier molecular flexibility index (Phi) is 5.02. The average Bonchev–Trinajstić information content (AvgIpc) is 3.38. The summed E-state index contributed by atoms with van der Waals surface area (Å²) in [6, 6.07) is 10.5. The first-order valence-corrected chi connectivity index (χ1v) is 11.8. The van der Waals surface area contributed by atoms with Crippen molar-refractivity contribution in [2.24, 2.45) is 16.1 Å². The first kappa shape index (κ1) is 22.4. The van der Waals surface area contributed by atoms with Crippen molar-refractivity contribution in [2.45, 2.75) is 24.8 Å². The summed E-state index contributed by atoms with van der Waals surface area (Å²) in [5, 5.41) is 31.1. The second-order valence-corrected chi connectivity index (χ2v) is 9.80. The molecule has 0 bridgehead atoms. The Balaban J connectivity index is 1.61. The number of nitrogens with zero attached hydrogens (tertiary/aromatic N) is 6. The number of hydrogen-bond acceptors (Lipinski definition) is 9. The molecule has 35 heavy (non-hydrogen) atoms. The average molecular weight is 494 g/mol. The van der Waals surface area contributed by atoms with Gasteiger partial charge in [0.05, 0.1) is 21.8 Å². The van der Waals surface area contributed by atoms with Gasteiger partial charge in [-0.3, -0.25) is 19.9 Å². The molecule has 2 atom stereocenters. The predicted octanol–water partition coefficient (Wildman–Crippen LogP) is 2.76. The molecule has 0 aliphatic carbocycles. The summed E-state index contributed by atoms with van der Waals surface area (Å²) in [6.07, 6.45) is 1.44. The number of carbonyl (C=O) groups excluding carboxylic acids is 1. The number of fused-ring (bicyclic) bond motifs is 2. The van der Waals surface area contributed by atoms with E-state index in [1.807, 2.05) is 0 Å². The van der Waals surface area contributed by atoms with Crippen LogP contribution in [0.1, 0.15) is 25.5 Å². The summed E-state index contributed by atoms with van der Waals surface area (Å²) < 4.78 is 28.3. The summed E-state index contributed by atoms with van der Waals surface area (Å²) in [7, 11) is -4.31. The quantitative estimate of drug-likeness (QED) is 0.431. The molecule has 1 aromatic heterocycles. The number of aromatic hydroxyl groups is 1. The number of phenolic OH excluding ortho intramolecular Hbond substituents is 1. The molecule has 178 valence electrons. The normalized spacial score (nSPS) is 19.5. The molecule has 2 aliphatic heterocycles. The summed E-state index contributed by atoms with van der Waals surface area (Å²) >= 11 is 0. The summed E-state index contributed by atoms with van der Waals surface area (Å²) in [5.74, 6) is -1.25. The molecule has 2 aromatic carbocycles. The number of carbonyl (C=O) groups is 1. The monoisotopic (exact) mass is 494 g/mol. The minimum Gasteiger partial charge on any atom is -0.506 e. The third kappa shape index (κ3) is 3.39. The van der Waals surface area contributed by atoms with E-state index < -0.39 is 32.8 Å². The van der Waals surface area contributed by atoms with Gasteiger partial charge in [0.2, 0.25) is 5.91 Å². The fraction of sp³-hybridized carbons (Fsp3) is 0.182. The van der Waals surface area contributed by atoms with Crippen LogP contribution in [0.4, 0.5) is 5.69 Å². The zero-order valence-corrected chi connectivity index (χ0v) is 19.2. The van der Waals surface area contributed by atoms with Gasteiger partial charge in [-0.1, -0.05) is 12.1 Å². The van der Waals surface area contributed by atoms with Gasteiger partial charge in [-0.15, -0.1) is 4.41 Å². The number of hydrazone groups is 2. The molecular formula is C22H18N6O6S. The fourth-order valence-corrected chi connectivity index (χ4v) is 5.87. The Morgan fingerprint density at radius 2 is 1.83 bits per heavy atom. The fourth-order valence-electron chi connectivity index (χ4n) is 4.37. The summed E-state index contributed by atoms with van der Waals surface area (Å²) in [5.41, 5.74) is 0.951. The SMILES string of the molecule is CC(=O)N1N=C2C(C(C)=NN2S(=O)(=O)c2ccc(O)c3ncccc23)C1c1ccc([N+](=O)[O-])cc1. The number of benzene rings is 2. The topological polar surface area (TPSA) is 159 Å². The predicted molar refractivity (Wildman–Crippen MR) is 125 cm³/mol. The van der Waals surface area contributed by atoms with E-state index in [1.54, 1.807) is 13.0 Å². The van der Waals surface area contributed by atoms with Crippen molar-refractivity contribution < 1.29 is 23.2 Å². The van der Waals surface area contributed by atoms with Crippen molar-refractivity contribution in [3.8, 4) is 5.75 Å². The third-order valence-electron chi connectivity index (χ3n) is 5.94. The van der Waals surface area contributed by atoms with Gasteiger partial charge in [0.1, 0.15) is 11.3 Å². The Morgan fingerprint density at radius 3 is 2.49 bits per heavy atom. The van der Waals surface area contributed by atoms with E-state index in [0.29, 0.717) is 11.3 Å². The lowest BCUT2D eigenvalue weighted by Crippen LogP contribution is -2.33. The molecule has 0 fully saturated rings. The zero-order valence-electron chi connectivity index (χ0n) is 18.4. The van der Waals surface area contributed by atoms with Gasteiger partial charge in [-0.05, 0) is 36.8 Å². The van der Waals surface area contributed by atoms with Crippen molar-refractivity contribution >= 4 is 44.1 Å². The van der Waals surface area contributed by atoms with Gasteiger partial charge in [-0.2, -0.15) is 18.6 Å². The van der Waals surface area contributed by atoms with Gasteiger partial charge in [0, 0.05) is 36.4 Å². The molecule has 2 aliphatic rings. The van der Waals surface area contributed by atoms with E-state index in [0.717, 1.165) is 4.41 Å². The van der Waals surface area contributed by atoms with E-state index in [-0.39, 0.29) is 33.1 Å². The van der Waals surface area contributed by atoms with Gasteiger partial charge >= 0.3 is 0 Å². The Hall–Kier alpha value is -4.39. The maximum Gasteiger partial charge on any atom is 0.285 e. The molecule has 0 saturated carbocycles. The smallest absolute Gasteiger partial charge is 0.285 e. The van der Waals surface area contributed by atoms with E-state index in [2.05, 4.69) is 15.2 Å². The van der Waals surface area contributed by atoms with Crippen LogP contribution < -0.4 is 0 Å². The number of nitro benzene ring substituents is 1. The molecule has 0 spiro atoms. The van der Waals surface area contributed by atoms with Gasteiger partial charge in [-0.25, -0.2) is 5.01 Å². The van der Waals surface area contributed by atoms with Gasteiger partial charge in [0.15, 0.2) is 5.84 Å². The number of sulfonamides is 1. The molecule has 3 heterocycles. The van der Waals surface area contributed by atoms with Crippen LogP contribution in [0.2, 0.25) is 0 Å². The number of aromatic nitrogens is 1. The van der Waals surface area contributed by atoms with Crippen molar-refractivity contribution in [2.75, 3.05) is 0 Å². The van der Waals surface area contributed by atoms with Crippen LogP contribution >= 0.6 is 0 Å². The number of phenols is 1. The molecule has 5 rings (SSSR count). The zero-order chi connectivity index (χ0) is 25.1. The highest BCUT2D eigenvalue weighted by molar-refractivity contribution is 7.90. The number of non-ortho nitro benzene ring substituents is 1. The number of hydrogen-bond donors (Lipinski definition) is 1. The first-order chi connectivity index (χ1) is 16.6. The number of amidine groups is 1. The lowest BCUT2D eigenvalue weighted by atomic mass is 9.90. The van der Waals surface area contributed by atoms with Crippen LogP contribution in [-0.4, -0.2) is 50.3 Å². The molecule has 12 nitrogen and oxygen atoms in total. The molecule has 1 amide bonds. The van der Waals surface area contributed by atoms with Crippen LogP contribution in [0, 0.1) is 16.0 Å². The minimum atomic E-state index is -4.31. The van der Waals surface area contributed by atoms with Crippen LogP contribution in [0.5, 0.6) is 5.75 Å². The highest BCUT2D eigenvalue weighted by Crippen LogP contribution is 2.43. The Labute approximate surface area is 199 Å². The number of pyridine rings is 1.